The lowest BCUT2D eigenvalue weighted by Gasteiger charge is -2.55. The molecule has 1 aromatic rings. The van der Waals surface area contributed by atoms with Gasteiger partial charge in [0.05, 0.1) is 0 Å². The van der Waals surface area contributed by atoms with Crippen molar-refractivity contribution in [2.24, 2.45) is 28.1 Å². The van der Waals surface area contributed by atoms with Gasteiger partial charge < -0.3 is 5.11 Å². The second-order valence-corrected chi connectivity index (χ2v) is 10.8. The van der Waals surface area contributed by atoms with Crippen LogP contribution in [0.1, 0.15) is 70.9 Å². The van der Waals surface area contributed by atoms with Crippen LogP contribution in [0.2, 0.25) is 0 Å². The van der Waals surface area contributed by atoms with Gasteiger partial charge >= 0.3 is 0 Å². The Morgan fingerprint density at radius 2 is 2.03 bits per heavy atom. The van der Waals surface area contributed by atoms with Crippen molar-refractivity contribution in [3.05, 3.63) is 53.4 Å². The lowest BCUT2D eigenvalue weighted by atomic mass is 9.48. The topological polar surface area (TPSA) is 67.3 Å². The number of nitrogens with zero attached hydrogens (tertiary/aromatic N) is 1. The largest absolute Gasteiger partial charge is 0.389 e. The van der Waals surface area contributed by atoms with Gasteiger partial charge in [-0.25, -0.2) is 0 Å². The molecule has 6 atom stereocenters. The number of rotatable bonds is 3. The van der Waals surface area contributed by atoms with Gasteiger partial charge in [0.1, 0.15) is 6.61 Å². The third-order valence-corrected chi connectivity index (χ3v) is 9.87. The first-order valence-corrected chi connectivity index (χ1v) is 11.7. The molecular formula is C27H33NO3. The number of carbonyl (C=O) groups is 2. The summed E-state index contributed by atoms with van der Waals surface area (Å²) in [5, 5.41) is 9.96. The molecule has 0 aliphatic heterocycles. The number of pyridine rings is 1. The maximum atomic E-state index is 13.3. The van der Waals surface area contributed by atoms with Gasteiger partial charge in [-0.3, -0.25) is 14.6 Å². The van der Waals surface area contributed by atoms with E-state index in [2.05, 4.69) is 31.8 Å². The molecule has 164 valence electrons. The normalized spacial score (nSPS) is 41.5. The maximum Gasteiger partial charge on any atom is 0.165 e. The van der Waals surface area contributed by atoms with Crippen LogP contribution in [-0.4, -0.2) is 28.3 Å². The molecule has 0 bridgehead atoms. The molecule has 0 radical (unpaired) electrons. The van der Waals surface area contributed by atoms with Crippen molar-refractivity contribution in [2.75, 3.05) is 6.61 Å². The zero-order valence-electron chi connectivity index (χ0n) is 18.9. The third kappa shape index (κ3) is 2.67. The van der Waals surface area contributed by atoms with Crippen LogP contribution in [0.4, 0.5) is 0 Å². The SMILES string of the molecule is CC12CCC(=O)C=C1CCC1C2=CCC2(C)C1CC(c1ccccn1)C2(C)C(=O)CO. The summed E-state index contributed by atoms with van der Waals surface area (Å²) in [7, 11) is 0. The Hall–Kier alpha value is -2.07. The fourth-order valence-electron chi connectivity index (χ4n) is 7.81. The van der Waals surface area contributed by atoms with Crippen LogP contribution < -0.4 is 0 Å². The van der Waals surface area contributed by atoms with Crippen LogP contribution in [0.25, 0.3) is 0 Å². The number of fused-ring (bicyclic) bond motifs is 5. The van der Waals surface area contributed by atoms with Gasteiger partial charge in [0.15, 0.2) is 11.6 Å². The van der Waals surface area contributed by atoms with Crippen molar-refractivity contribution in [3.8, 4) is 0 Å². The van der Waals surface area contributed by atoms with Gasteiger partial charge in [-0.1, -0.05) is 44.1 Å². The molecule has 1 heterocycles. The Bertz CT molecular complexity index is 995. The number of aromatic nitrogens is 1. The van der Waals surface area contributed by atoms with E-state index in [0.717, 1.165) is 37.8 Å². The highest BCUT2D eigenvalue weighted by Crippen LogP contribution is 2.71. The second-order valence-electron chi connectivity index (χ2n) is 10.8. The molecule has 0 aromatic carbocycles. The Labute approximate surface area is 184 Å². The summed E-state index contributed by atoms with van der Waals surface area (Å²) in [4.78, 5) is 30.1. The second kappa shape index (κ2) is 6.96. The van der Waals surface area contributed by atoms with Crippen LogP contribution in [0.5, 0.6) is 0 Å². The van der Waals surface area contributed by atoms with Gasteiger partial charge in [0.2, 0.25) is 0 Å². The van der Waals surface area contributed by atoms with Crippen molar-refractivity contribution in [1.29, 1.82) is 0 Å². The number of aliphatic hydroxyl groups excluding tert-OH is 1. The molecule has 0 amide bonds. The molecule has 1 aromatic heterocycles. The first-order valence-electron chi connectivity index (χ1n) is 11.7. The molecule has 6 unspecified atom stereocenters. The van der Waals surface area contributed by atoms with E-state index >= 15 is 0 Å². The van der Waals surface area contributed by atoms with Crippen LogP contribution in [0, 0.1) is 28.1 Å². The fourth-order valence-corrected chi connectivity index (χ4v) is 7.81. The number of ketones is 2. The third-order valence-electron chi connectivity index (χ3n) is 9.87. The predicted octanol–water partition coefficient (Wildman–Crippen LogP) is 4.79. The van der Waals surface area contributed by atoms with Crippen LogP contribution in [0.15, 0.2) is 47.7 Å². The molecule has 4 aliphatic rings. The van der Waals surface area contributed by atoms with E-state index in [0.29, 0.717) is 18.3 Å². The molecular weight excluding hydrogens is 386 g/mol. The summed E-state index contributed by atoms with van der Waals surface area (Å²) in [5.41, 5.74) is 2.89. The van der Waals surface area contributed by atoms with E-state index in [1.165, 1.54) is 11.1 Å². The highest BCUT2D eigenvalue weighted by atomic mass is 16.3. The molecule has 2 saturated carbocycles. The summed E-state index contributed by atoms with van der Waals surface area (Å²) in [6.45, 7) is 6.27. The number of Topliss-reactive ketones (excluding diaryl/α,β-unsaturated/α-hetero) is 1. The first kappa shape index (κ1) is 20.8. The minimum absolute atomic E-state index is 0.00813. The van der Waals surface area contributed by atoms with Crippen LogP contribution in [0.3, 0.4) is 0 Å². The maximum absolute atomic E-state index is 13.3. The molecule has 0 saturated heterocycles. The molecule has 1 N–H and O–H groups in total. The zero-order chi connectivity index (χ0) is 22.0. The van der Waals surface area contributed by atoms with Crippen molar-refractivity contribution < 1.29 is 14.7 Å². The van der Waals surface area contributed by atoms with E-state index in [1.54, 1.807) is 0 Å². The molecule has 4 nitrogen and oxygen atoms in total. The van der Waals surface area contributed by atoms with Gasteiger partial charge in [-0.15, -0.1) is 0 Å². The summed E-state index contributed by atoms with van der Waals surface area (Å²) in [5.74, 6) is 1.01. The standard InChI is InChI=1S/C27H33NO3/c1-25-11-9-18(30)14-17(25)7-8-19-20(25)10-12-26(2)21(19)15-22(23-6-4-5-13-28-23)27(26,3)24(31)16-29/h4-6,10,13-14,19,21-22,29H,7-9,11-12,15-16H2,1-3H3. The average molecular weight is 420 g/mol. The summed E-state index contributed by atoms with van der Waals surface area (Å²) in [6, 6.07) is 5.95. The Morgan fingerprint density at radius 3 is 2.74 bits per heavy atom. The Kier molecular flexibility index (Phi) is 4.68. The van der Waals surface area contributed by atoms with Crippen molar-refractivity contribution >= 4 is 11.6 Å². The Morgan fingerprint density at radius 1 is 1.23 bits per heavy atom. The quantitative estimate of drug-likeness (QED) is 0.715. The van der Waals surface area contributed by atoms with Crippen molar-refractivity contribution in [3.63, 3.8) is 0 Å². The minimum atomic E-state index is -0.650. The fraction of sp³-hybridized carbons (Fsp3) is 0.593. The lowest BCUT2D eigenvalue weighted by molar-refractivity contribution is -0.139. The van der Waals surface area contributed by atoms with E-state index in [-0.39, 0.29) is 28.3 Å². The number of hydrogen-bond donors (Lipinski definition) is 1. The average Bonchev–Trinajstić information content (AvgIpc) is 3.02. The summed E-state index contributed by atoms with van der Waals surface area (Å²) >= 11 is 0. The molecule has 31 heavy (non-hydrogen) atoms. The molecule has 2 fully saturated rings. The van der Waals surface area contributed by atoms with Crippen molar-refractivity contribution in [2.45, 2.75) is 65.2 Å². The number of hydrogen-bond acceptors (Lipinski definition) is 4. The predicted molar refractivity (Wildman–Crippen MR) is 119 cm³/mol. The molecule has 4 heteroatoms. The summed E-state index contributed by atoms with van der Waals surface area (Å²) < 4.78 is 0. The van der Waals surface area contributed by atoms with Crippen molar-refractivity contribution in [1.82, 2.24) is 4.98 Å². The highest BCUT2D eigenvalue weighted by Gasteiger charge is 2.66. The summed E-state index contributed by atoms with van der Waals surface area (Å²) in [6.07, 6.45) is 11.4. The lowest BCUT2D eigenvalue weighted by Crippen LogP contribution is -2.51. The van der Waals surface area contributed by atoms with E-state index in [9.17, 15) is 14.7 Å². The number of carbonyl (C=O) groups excluding carboxylic acids is 2. The van der Waals surface area contributed by atoms with Crippen LogP contribution >= 0.6 is 0 Å². The molecule has 5 rings (SSSR count). The van der Waals surface area contributed by atoms with Crippen LogP contribution in [-0.2, 0) is 9.59 Å². The van der Waals surface area contributed by atoms with E-state index in [1.807, 2.05) is 30.5 Å². The van der Waals surface area contributed by atoms with Gasteiger partial charge in [-0.05, 0) is 67.6 Å². The van der Waals surface area contributed by atoms with E-state index < -0.39 is 12.0 Å². The minimum Gasteiger partial charge on any atom is -0.389 e. The Balaban J connectivity index is 1.61. The van der Waals surface area contributed by atoms with Gasteiger partial charge in [0, 0.05) is 35.1 Å². The molecule has 0 spiro atoms. The molecule has 4 aliphatic carbocycles. The van der Waals surface area contributed by atoms with Gasteiger partial charge in [-0.2, -0.15) is 0 Å². The monoisotopic (exact) mass is 419 g/mol. The first-order chi connectivity index (χ1) is 14.8. The zero-order valence-corrected chi connectivity index (χ0v) is 18.9. The van der Waals surface area contributed by atoms with E-state index in [4.69, 9.17) is 0 Å². The number of aliphatic hydroxyl groups is 1. The highest BCUT2D eigenvalue weighted by molar-refractivity contribution is 5.92. The number of allylic oxidation sites excluding steroid dienone is 4. The van der Waals surface area contributed by atoms with Gasteiger partial charge in [0.25, 0.3) is 0 Å². The smallest absolute Gasteiger partial charge is 0.165 e.